The zero-order chi connectivity index (χ0) is 15.3. The van der Waals surface area contributed by atoms with Crippen molar-refractivity contribution in [2.45, 2.75) is 77.7 Å². The summed E-state index contributed by atoms with van der Waals surface area (Å²) in [4.78, 5) is 0. The molecule has 1 aromatic rings. The van der Waals surface area contributed by atoms with Gasteiger partial charge in [-0.3, -0.25) is 0 Å². The van der Waals surface area contributed by atoms with E-state index in [1.807, 2.05) is 18.2 Å². The summed E-state index contributed by atoms with van der Waals surface area (Å²) in [5.74, 6) is 0.967. The molecule has 0 saturated heterocycles. The second kappa shape index (κ2) is 11.6. The third-order valence-corrected chi connectivity index (χ3v) is 4.01. The maximum Gasteiger partial charge on any atom is 0.124 e. The molecule has 0 saturated carbocycles. The Bertz CT molecular complexity index is 364. The summed E-state index contributed by atoms with van der Waals surface area (Å²) >= 11 is 0. The Balaban J connectivity index is 2.15. The average Bonchev–Trinajstić information content (AvgIpc) is 2.53. The third kappa shape index (κ3) is 7.52. The molecule has 0 aliphatic heterocycles. The van der Waals surface area contributed by atoms with E-state index in [9.17, 15) is 0 Å². The number of benzene rings is 1. The molecule has 0 heterocycles. The van der Waals surface area contributed by atoms with E-state index in [-0.39, 0.29) is 6.04 Å². The number of ether oxygens (including phenoxy) is 1. The number of hydrogen-bond acceptors (Lipinski definition) is 2. The topological polar surface area (TPSA) is 35.2 Å². The van der Waals surface area contributed by atoms with Crippen LogP contribution in [0.15, 0.2) is 24.3 Å². The first-order valence-corrected chi connectivity index (χ1v) is 8.76. The van der Waals surface area contributed by atoms with Gasteiger partial charge in [-0.2, -0.15) is 0 Å². The molecular formula is C19H33NO. The minimum absolute atomic E-state index is 0.0831. The molecule has 1 atom stereocenters. The van der Waals surface area contributed by atoms with Crippen LogP contribution in [0.1, 0.15) is 83.2 Å². The average molecular weight is 291 g/mol. The van der Waals surface area contributed by atoms with Crippen LogP contribution in [0.4, 0.5) is 0 Å². The highest BCUT2D eigenvalue weighted by molar-refractivity contribution is 5.35. The number of rotatable bonds is 12. The molecular weight excluding hydrogens is 258 g/mol. The summed E-state index contributed by atoms with van der Waals surface area (Å²) in [6, 6.07) is 8.26. The molecule has 0 aliphatic carbocycles. The van der Waals surface area contributed by atoms with Gasteiger partial charge >= 0.3 is 0 Å². The van der Waals surface area contributed by atoms with Gasteiger partial charge in [-0.25, -0.2) is 0 Å². The number of nitrogens with two attached hydrogens (primary N) is 1. The molecule has 0 fully saturated rings. The number of unbranched alkanes of at least 4 members (excludes halogenated alkanes) is 7. The molecule has 0 aromatic heterocycles. The highest BCUT2D eigenvalue weighted by Crippen LogP contribution is 2.25. The SMILES string of the molecule is CCCCCCCCCCOc1ccccc1[C@H](N)CC. The fourth-order valence-corrected chi connectivity index (χ4v) is 2.56. The van der Waals surface area contributed by atoms with Crippen LogP contribution < -0.4 is 10.5 Å². The van der Waals surface area contributed by atoms with E-state index in [0.717, 1.165) is 30.8 Å². The van der Waals surface area contributed by atoms with Crippen LogP contribution in [0.5, 0.6) is 5.75 Å². The Morgan fingerprint density at radius 3 is 2.19 bits per heavy atom. The van der Waals surface area contributed by atoms with E-state index in [1.54, 1.807) is 0 Å². The lowest BCUT2D eigenvalue weighted by atomic mass is 10.0. The molecule has 120 valence electrons. The normalized spacial score (nSPS) is 12.3. The van der Waals surface area contributed by atoms with Gasteiger partial charge in [0.15, 0.2) is 0 Å². The van der Waals surface area contributed by atoms with Crippen molar-refractivity contribution in [3.8, 4) is 5.75 Å². The van der Waals surface area contributed by atoms with Crippen LogP contribution in [0.25, 0.3) is 0 Å². The largest absolute Gasteiger partial charge is 0.493 e. The van der Waals surface area contributed by atoms with Crippen molar-refractivity contribution >= 4 is 0 Å². The van der Waals surface area contributed by atoms with E-state index in [2.05, 4.69) is 19.9 Å². The van der Waals surface area contributed by atoms with Crippen molar-refractivity contribution in [3.63, 3.8) is 0 Å². The predicted octanol–water partition coefficient (Wildman–Crippen LogP) is 5.62. The van der Waals surface area contributed by atoms with Crippen molar-refractivity contribution in [3.05, 3.63) is 29.8 Å². The minimum atomic E-state index is 0.0831. The van der Waals surface area contributed by atoms with Gasteiger partial charge in [0, 0.05) is 11.6 Å². The fraction of sp³-hybridized carbons (Fsp3) is 0.684. The standard InChI is InChI=1S/C19H33NO/c1-3-5-6-7-8-9-10-13-16-21-19-15-12-11-14-17(19)18(20)4-2/h11-12,14-15,18H,3-10,13,16,20H2,1-2H3/t18-/m1/s1. The summed E-state index contributed by atoms with van der Waals surface area (Å²) in [5.41, 5.74) is 7.26. The summed E-state index contributed by atoms with van der Waals surface area (Å²) in [6.45, 7) is 5.18. The molecule has 2 heteroatoms. The Labute approximate surface area is 131 Å². The maximum atomic E-state index is 6.12. The van der Waals surface area contributed by atoms with Crippen molar-refractivity contribution < 1.29 is 4.74 Å². The van der Waals surface area contributed by atoms with Crippen molar-refractivity contribution in [2.75, 3.05) is 6.61 Å². The summed E-state index contributed by atoms with van der Waals surface area (Å²) in [6.07, 6.45) is 11.6. The lowest BCUT2D eigenvalue weighted by Crippen LogP contribution is -2.11. The number of hydrogen-bond donors (Lipinski definition) is 1. The van der Waals surface area contributed by atoms with Gasteiger partial charge in [-0.05, 0) is 18.9 Å². The van der Waals surface area contributed by atoms with E-state index in [0.29, 0.717) is 0 Å². The van der Waals surface area contributed by atoms with Crippen LogP contribution in [-0.2, 0) is 0 Å². The van der Waals surface area contributed by atoms with Gasteiger partial charge in [0.25, 0.3) is 0 Å². The maximum absolute atomic E-state index is 6.12. The Morgan fingerprint density at radius 1 is 0.905 bits per heavy atom. The molecule has 2 nitrogen and oxygen atoms in total. The fourth-order valence-electron chi connectivity index (χ4n) is 2.56. The van der Waals surface area contributed by atoms with E-state index in [4.69, 9.17) is 10.5 Å². The molecule has 0 spiro atoms. The molecule has 0 amide bonds. The highest BCUT2D eigenvalue weighted by atomic mass is 16.5. The first-order valence-electron chi connectivity index (χ1n) is 8.76. The first-order chi connectivity index (χ1) is 10.3. The second-order valence-corrected chi connectivity index (χ2v) is 5.88. The van der Waals surface area contributed by atoms with Gasteiger partial charge in [-0.1, -0.05) is 77.0 Å². The Morgan fingerprint density at radius 2 is 1.52 bits per heavy atom. The minimum Gasteiger partial charge on any atom is -0.493 e. The van der Waals surface area contributed by atoms with Gasteiger partial charge in [0.1, 0.15) is 5.75 Å². The van der Waals surface area contributed by atoms with Crippen LogP contribution in [-0.4, -0.2) is 6.61 Å². The third-order valence-electron chi connectivity index (χ3n) is 4.01. The molecule has 0 bridgehead atoms. The monoisotopic (exact) mass is 291 g/mol. The van der Waals surface area contributed by atoms with Gasteiger partial charge in [0.2, 0.25) is 0 Å². The number of para-hydroxylation sites is 1. The van der Waals surface area contributed by atoms with Gasteiger partial charge < -0.3 is 10.5 Å². The quantitative estimate of drug-likeness (QED) is 0.507. The van der Waals surface area contributed by atoms with Crippen LogP contribution in [0.2, 0.25) is 0 Å². The second-order valence-electron chi connectivity index (χ2n) is 5.88. The molecule has 0 unspecified atom stereocenters. The van der Waals surface area contributed by atoms with Gasteiger partial charge in [-0.15, -0.1) is 0 Å². The van der Waals surface area contributed by atoms with Crippen molar-refractivity contribution in [1.29, 1.82) is 0 Å². The van der Waals surface area contributed by atoms with Crippen LogP contribution >= 0.6 is 0 Å². The Hall–Kier alpha value is -1.02. The smallest absolute Gasteiger partial charge is 0.124 e. The summed E-state index contributed by atoms with van der Waals surface area (Å²) in [5, 5.41) is 0. The molecule has 21 heavy (non-hydrogen) atoms. The Kier molecular flexibility index (Phi) is 9.98. The molecule has 0 radical (unpaired) electrons. The van der Waals surface area contributed by atoms with Crippen molar-refractivity contribution in [2.24, 2.45) is 5.73 Å². The van der Waals surface area contributed by atoms with Gasteiger partial charge in [0.05, 0.1) is 6.61 Å². The lowest BCUT2D eigenvalue weighted by Gasteiger charge is -2.15. The van der Waals surface area contributed by atoms with Crippen LogP contribution in [0.3, 0.4) is 0 Å². The van der Waals surface area contributed by atoms with E-state index >= 15 is 0 Å². The van der Waals surface area contributed by atoms with Crippen molar-refractivity contribution in [1.82, 2.24) is 0 Å². The molecule has 1 rings (SSSR count). The summed E-state index contributed by atoms with van der Waals surface area (Å²) < 4.78 is 5.93. The molecule has 0 aliphatic rings. The molecule has 1 aromatic carbocycles. The van der Waals surface area contributed by atoms with E-state index < -0.39 is 0 Å². The van der Waals surface area contributed by atoms with E-state index in [1.165, 1.54) is 44.9 Å². The predicted molar refractivity (Wildman–Crippen MR) is 91.8 cm³/mol. The summed E-state index contributed by atoms with van der Waals surface area (Å²) in [7, 11) is 0. The zero-order valence-electron chi connectivity index (χ0n) is 13.9. The zero-order valence-corrected chi connectivity index (χ0v) is 13.9. The molecule has 2 N–H and O–H groups in total. The van der Waals surface area contributed by atoms with Crippen LogP contribution in [0, 0.1) is 0 Å². The highest BCUT2D eigenvalue weighted by Gasteiger charge is 2.09. The first kappa shape index (κ1) is 18.0. The lowest BCUT2D eigenvalue weighted by molar-refractivity contribution is 0.299.